The number of nitrogens with zero attached hydrogens (tertiary/aromatic N) is 2. The van der Waals surface area contributed by atoms with Crippen LogP contribution in [0.25, 0.3) is 10.2 Å². The molecular formula is C20H18Cl2N2O4S. The van der Waals surface area contributed by atoms with Crippen molar-refractivity contribution in [1.29, 1.82) is 0 Å². The van der Waals surface area contributed by atoms with Crippen molar-refractivity contribution < 1.29 is 19.1 Å². The van der Waals surface area contributed by atoms with E-state index in [1.165, 1.54) is 17.4 Å². The van der Waals surface area contributed by atoms with Gasteiger partial charge < -0.3 is 14.0 Å². The SMILES string of the molecule is CCOC(=O)c1ccc2c(c1)sc(=NC(=O)c1cc(Cl)ccc1Cl)n2CCOC. The lowest BCUT2D eigenvalue weighted by molar-refractivity contribution is 0.0526. The Bertz CT molecular complexity index is 1140. The molecule has 0 N–H and O–H groups in total. The Labute approximate surface area is 181 Å². The Morgan fingerprint density at radius 1 is 1.17 bits per heavy atom. The molecule has 0 atom stereocenters. The van der Waals surface area contributed by atoms with Crippen LogP contribution >= 0.6 is 34.5 Å². The topological polar surface area (TPSA) is 69.9 Å². The van der Waals surface area contributed by atoms with Crippen LogP contribution in [0.1, 0.15) is 27.6 Å². The van der Waals surface area contributed by atoms with Gasteiger partial charge in [-0.3, -0.25) is 4.79 Å². The zero-order chi connectivity index (χ0) is 21.0. The lowest BCUT2D eigenvalue weighted by Crippen LogP contribution is -2.19. The van der Waals surface area contributed by atoms with Crippen LogP contribution in [0.2, 0.25) is 10.0 Å². The van der Waals surface area contributed by atoms with Crippen molar-refractivity contribution in [2.45, 2.75) is 13.5 Å². The van der Waals surface area contributed by atoms with Gasteiger partial charge in [-0.05, 0) is 43.3 Å². The van der Waals surface area contributed by atoms with Crippen LogP contribution < -0.4 is 4.80 Å². The summed E-state index contributed by atoms with van der Waals surface area (Å²) in [6.07, 6.45) is 0. The molecule has 0 bridgehead atoms. The number of halogens is 2. The van der Waals surface area contributed by atoms with Gasteiger partial charge in [-0.2, -0.15) is 4.99 Å². The van der Waals surface area contributed by atoms with Gasteiger partial charge >= 0.3 is 5.97 Å². The largest absolute Gasteiger partial charge is 0.462 e. The lowest BCUT2D eigenvalue weighted by Gasteiger charge is -2.05. The first-order chi connectivity index (χ1) is 13.9. The van der Waals surface area contributed by atoms with E-state index in [0.29, 0.717) is 35.1 Å². The average molecular weight is 453 g/mol. The van der Waals surface area contributed by atoms with E-state index in [4.69, 9.17) is 32.7 Å². The molecule has 0 saturated heterocycles. The van der Waals surface area contributed by atoms with E-state index >= 15 is 0 Å². The molecule has 0 spiro atoms. The summed E-state index contributed by atoms with van der Waals surface area (Å²) in [5, 5.41) is 0.674. The number of thiazole rings is 1. The van der Waals surface area contributed by atoms with Crippen molar-refractivity contribution in [2.24, 2.45) is 4.99 Å². The second kappa shape index (κ2) is 9.54. The molecular weight excluding hydrogens is 435 g/mol. The molecule has 152 valence electrons. The summed E-state index contributed by atoms with van der Waals surface area (Å²) >= 11 is 13.4. The van der Waals surface area contributed by atoms with Crippen LogP contribution in [0.3, 0.4) is 0 Å². The standard InChI is InChI=1S/C20H18Cl2N2O4S/c1-3-28-19(26)12-4-7-16-17(10-12)29-20(24(16)8-9-27-2)23-18(25)14-11-13(21)5-6-15(14)22/h4-7,10-11H,3,8-9H2,1-2H3. The number of ether oxygens (including phenoxy) is 2. The number of hydrogen-bond donors (Lipinski definition) is 0. The minimum Gasteiger partial charge on any atom is -0.462 e. The smallest absolute Gasteiger partial charge is 0.338 e. The molecule has 3 rings (SSSR count). The van der Waals surface area contributed by atoms with Gasteiger partial charge in [-0.15, -0.1) is 0 Å². The third-order valence-corrected chi connectivity index (χ3v) is 5.67. The van der Waals surface area contributed by atoms with Crippen LogP contribution in [0.15, 0.2) is 41.4 Å². The first-order valence-electron chi connectivity index (χ1n) is 8.78. The molecule has 0 radical (unpaired) electrons. The molecule has 29 heavy (non-hydrogen) atoms. The predicted molar refractivity (Wildman–Crippen MR) is 114 cm³/mol. The summed E-state index contributed by atoms with van der Waals surface area (Å²) in [4.78, 5) is 29.5. The number of methoxy groups -OCH3 is 1. The number of fused-ring (bicyclic) bond motifs is 1. The van der Waals surface area contributed by atoms with Crippen LogP contribution in [-0.2, 0) is 16.0 Å². The minimum atomic E-state index is -0.499. The minimum absolute atomic E-state index is 0.224. The Morgan fingerprint density at radius 2 is 1.97 bits per heavy atom. The highest BCUT2D eigenvalue weighted by atomic mass is 35.5. The van der Waals surface area contributed by atoms with E-state index in [2.05, 4.69) is 4.99 Å². The fourth-order valence-corrected chi connectivity index (χ4v) is 4.17. The third-order valence-electron chi connectivity index (χ3n) is 4.07. The van der Waals surface area contributed by atoms with Gasteiger partial charge in [-0.1, -0.05) is 34.5 Å². The highest BCUT2D eigenvalue weighted by Gasteiger charge is 2.14. The number of esters is 1. The highest BCUT2D eigenvalue weighted by Crippen LogP contribution is 2.23. The zero-order valence-corrected chi connectivity index (χ0v) is 18.1. The zero-order valence-electron chi connectivity index (χ0n) is 15.8. The first-order valence-corrected chi connectivity index (χ1v) is 10.4. The molecule has 0 fully saturated rings. The van der Waals surface area contributed by atoms with Crippen LogP contribution in [0.5, 0.6) is 0 Å². The maximum Gasteiger partial charge on any atom is 0.338 e. The van der Waals surface area contributed by atoms with E-state index in [-0.39, 0.29) is 10.6 Å². The van der Waals surface area contributed by atoms with Crippen molar-refractivity contribution >= 4 is 56.6 Å². The van der Waals surface area contributed by atoms with Gasteiger partial charge in [0.15, 0.2) is 4.80 Å². The highest BCUT2D eigenvalue weighted by molar-refractivity contribution is 7.16. The van der Waals surface area contributed by atoms with E-state index in [1.54, 1.807) is 38.3 Å². The normalized spacial score (nSPS) is 11.8. The molecule has 0 aliphatic heterocycles. The van der Waals surface area contributed by atoms with E-state index in [9.17, 15) is 9.59 Å². The summed E-state index contributed by atoms with van der Waals surface area (Å²) < 4.78 is 12.9. The van der Waals surface area contributed by atoms with Crippen LogP contribution in [-0.4, -0.2) is 36.8 Å². The molecule has 9 heteroatoms. The Hall–Kier alpha value is -2.19. The van der Waals surface area contributed by atoms with Gasteiger partial charge in [0, 0.05) is 18.7 Å². The molecule has 1 heterocycles. The number of carbonyl (C=O) groups is 2. The molecule has 6 nitrogen and oxygen atoms in total. The number of carbonyl (C=O) groups excluding carboxylic acids is 2. The van der Waals surface area contributed by atoms with Crippen LogP contribution in [0.4, 0.5) is 0 Å². The van der Waals surface area contributed by atoms with Crippen molar-refractivity contribution in [3.8, 4) is 0 Å². The number of aromatic nitrogens is 1. The van der Waals surface area contributed by atoms with Gasteiger partial charge in [-0.25, -0.2) is 4.79 Å². The molecule has 2 aromatic carbocycles. The maximum absolute atomic E-state index is 12.7. The van der Waals surface area contributed by atoms with Gasteiger partial charge in [0.2, 0.25) is 0 Å². The molecule has 0 aliphatic carbocycles. The molecule has 1 amide bonds. The summed E-state index contributed by atoms with van der Waals surface area (Å²) in [6, 6.07) is 9.88. The van der Waals surface area contributed by atoms with Crippen LogP contribution in [0, 0.1) is 0 Å². The fourth-order valence-electron chi connectivity index (χ4n) is 2.71. The summed E-state index contributed by atoms with van der Waals surface area (Å²) in [6.45, 7) is 2.98. The number of hydrogen-bond acceptors (Lipinski definition) is 5. The predicted octanol–water partition coefficient (Wildman–Crippen LogP) is 4.57. The fraction of sp³-hybridized carbons (Fsp3) is 0.250. The number of amides is 1. The van der Waals surface area contributed by atoms with Gasteiger partial charge in [0.05, 0.1) is 39.6 Å². The Kier molecular flexibility index (Phi) is 7.08. The van der Waals surface area contributed by atoms with Crippen molar-refractivity contribution in [3.63, 3.8) is 0 Å². The Balaban J connectivity index is 2.11. The first kappa shape index (κ1) is 21.5. The maximum atomic E-state index is 12.7. The van der Waals surface area contributed by atoms with Gasteiger partial charge in [0.25, 0.3) is 5.91 Å². The molecule has 3 aromatic rings. The van der Waals surface area contributed by atoms with E-state index < -0.39 is 11.9 Å². The number of benzene rings is 2. The van der Waals surface area contributed by atoms with E-state index in [0.717, 1.165) is 10.2 Å². The lowest BCUT2D eigenvalue weighted by atomic mass is 10.2. The molecule has 0 aliphatic rings. The Morgan fingerprint density at radius 3 is 2.69 bits per heavy atom. The van der Waals surface area contributed by atoms with Crippen molar-refractivity contribution in [3.05, 3.63) is 62.4 Å². The van der Waals surface area contributed by atoms with Gasteiger partial charge in [0.1, 0.15) is 0 Å². The average Bonchev–Trinajstić information content (AvgIpc) is 3.04. The molecule has 0 unspecified atom stereocenters. The van der Waals surface area contributed by atoms with Crippen molar-refractivity contribution in [2.75, 3.05) is 20.3 Å². The quantitative estimate of drug-likeness (QED) is 0.513. The second-order valence-electron chi connectivity index (χ2n) is 5.97. The summed E-state index contributed by atoms with van der Waals surface area (Å²) in [7, 11) is 1.60. The summed E-state index contributed by atoms with van der Waals surface area (Å²) in [5.41, 5.74) is 1.50. The van der Waals surface area contributed by atoms with E-state index in [1.807, 2.05) is 10.6 Å². The molecule has 1 aromatic heterocycles. The molecule has 0 saturated carbocycles. The number of rotatable bonds is 6. The monoisotopic (exact) mass is 452 g/mol. The third kappa shape index (κ3) is 4.87. The summed E-state index contributed by atoms with van der Waals surface area (Å²) in [5.74, 6) is -0.896. The van der Waals surface area contributed by atoms with Crippen molar-refractivity contribution in [1.82, 2.24) is 4.57 Å². The second-order valence-corrected chi connectivity index (χ2v) is 7.83.